The number of anilines is 1. The van der Waals surface area contributed by atoms with Gasteiger partial charge < -0.3 is 15.3 Å². The number of hydrogen-bond donors (Lipinski definition) is 3. The van der Waals surface area contributed by atoms with Crippen LogP contribution in [0.2, 0.25) is 5.02 Å². The molecule has 1 aliphatic rings. The van der Waals surface area contributed by atoms with Crippen LogP contribution in [0, 0.1) is 0 Å². The average molecular weight is 366 g/mol. The fourth-order valence-electron chi connectivity index (χ4n) is 2.89. The van der Waals surface area contributed by atoms with Crippen molar-refractivity contribution in [3.8, 4) is 0 Å². The van der Waals surface area contributed by atoms with Crippen molar-refractivity contribution in [3.63, 3.8) is 0 Å². The fraction of sp³-hybridized carbons (Fsp3) is 0. The standard InChI is InChI=1S/C19H12ClN3O3/c20-11-5-3-4-10(8-11)9-14-17(24)23-16(19(26)22-14)15-12-6-1-2-7-13(12)21-18(15)25/h1-9H,(H,21,25)(H,22,26)(H,23,24)/b14-9+,16-15+. The molecule has 0 atom stereocenters. The molecule has 0 saturated carbocycles. The van der Waals surface area contributed by atoms with E-state index in [0.29, 0.717) is 21.8 Å². The number of halogens is 1. The molecular formula is C19H12ClN3O3. The first-order chi connectivity index (χ1) is 12.5. The Morgan fingerprint density at radius 1 is 0.885 bits per heavy atom. The summed E-state index contributed by atoms with van der Waals surface area (Å²) in [5, 5.41) is 3.21. The van der Waals surface area contributed by atoms with Crippen LogP contribution in [0.1, 0.15) is 11.1 Å². The van der Waals surface area contributed by atoms with Gasteiger partial charge in [-0.2, -0.15) is 0 Å². The zero-order chi connectivity index (χ0) is 18.3. The van der Waals surface area contributed by atoms with Crippen molar-refractivity contribution in [2.24, 2.45) is 0 Å². The van der Waals surface area contributed by atoms with Crippen LogP contribution in [-0.4, -0.2) is 15.9 Å². The van der Waals surface area contributed by atoms with Gasteiger partial charge in [0.25, 0.3) is 17.0 Å². The highest BCUT2D eigenvalue weighted by Crippen LogP contribution is 2.28. The molecule has 0 fully saturated rings. The summed E-state index contributed by atoms with van der Waals surface area (Å²) in [6, 6.07) is 13.9. The van der Waals surface area contributed by atoms with E-state index in [1.807, 2.05) is 0 Å². The van der Waals surface area contributed by atoms with E-state index in [-0.39, 0.29) is 16.3 Å². The van der Waals surface area contributed by atoms with Crippen LogP contribution >= 0.6 is 11.6 Å². The van der Waals surface area contributed by atoms with Gasteiger partial charge in [-0.1, -0.05) is 41.9 Å². The van der Waals surface area contributed by atoms with Crippen molar-refractivity contribution >= 4 is 34.8 Å². The molecule has 4 rings (SSSR count). The normalized spacial score (nSPS) is 15.7. The number of aromatic amines is 2. The molecule has 0 saturated heterocycles. The second-order valence-electron chi connectivity index (χ2n) is 5.77. The Labute approximate surface area is 151 Å². The number of carbonyl (C=O) groups excluding carboxylic acids is 1. The van der Waals surface area contributed by atoms with Gasteiger partial charge in [-0.3, -0.25) is 14.4 Å². The van der Waals surface area contributed by atoms with Crippen molar-refractivity contribution in [2.45, 2.75) is 0 Å². The van der Waals surface area contributed by atoms with Gasteiger partial charge in [0.2, 0.25) is 0 Å². The van der Waals surface area contributed by atoms with Crippen LogP contribution in [0.3, 0.4) is 0 Å². The Bertz CT molecular complexity index is 1290. The van der Waals surface area contributed by atoms with Crippen molar-refractivity contribution < 1.29 is 4.79 Å². The molecule has 0 unspecified atom stereocenters. The third kappa shape index (κ3) is 2.76. The zero-order valence-corrected chi connectivity index (χ0v) is 14.1. The Kier molecular flexibility index (Phi) is 3.82. The van der Waals surface area contributed by atoms with Crippen molar-refractivity contribution in [1.82, 2.24) is 9.97 Å². The van der Waals surface area contributed by atoms with Crippen LogP contribution in [0.15, 0.2) is 58.1 Å². The molecule has 3 aromatic rings. The lowest BCUT2D eigenvalue weighted by molar-refractivity contribution is -0.110. The van der Waals surface area contributed by atoms with Crippen LogP contribution in [0.4, 0.5) is 5.69 Å². The molecule has 26 heavy (non-hydrogen) atoms. The molecule has 0 radical (unpaired) electrons. The van der Waals surface area contributed by atoms with Gasteiger partial charge in [-0.15, -0.1) is 0 Å². The largest absolute Gasteiger partial charge is 0.321 e. The summed E-state index contributed by atoms with van der Waals surface area (Å²) in [7, 11) is 0. The Morgan fingerprint density at radius 2 is 1.69 bits per heavy atom. The summed E-state index contributed by atoms with van der Waals surface area (Å²) < 4.78 is 0. The summed E-state index contributed by atoms with van der Waals surface area (Å²) in [6.07, 6.45) is 1.52. The molecule has 7 heteroatoms. The minimum atomic E-state index is -0.556. The highest BCUT2D eigenvalue weighted by atomic mass is 35.5. The van der Waals surface area contributed by atoms with Gasteiger partial charge in [0, 0.05) is 16.3 Å². The van der Waals surface area contributed by atoms with E-state index in [2.05, 4.69) is 15.3 Å². The summed E-state index contributed by atoms with van der Waals surface area (Å²) in [5.41, 5.74) is 0.924. The topological polar surface area (TPSA) is 94.8 Å². The Morgan fingerprint density at radius 3 is 2.50 bits per heavy atom. The van der Waals surface area contributed by atoms with E-state index in [9.17, 15) is 14.4 Å². The van der Waals surface area contributed by atoms with Gasteiger partial charge >= 0.3 is 0 Å². The molecule has 2 heterocycles. The quantitative estimate of drug-likeness (QED) is 0.592. The van der Waals surface area contributed by atoms with Crippen LogP contribution in [0.5, 0.6) is 0 Å². The van der Waals surface area contributed by atoms with Gasteiger partial charge in [-0.25, -0.2) is 0 Å². The highest BCUT2D eigenvalue weighted by Gasteiger charge is 2.25. The molecule has 6 nitrogen and oxygen atoms in total. The molecule has 128 valence electrons. The number of rotatable bonds is 1. The first kappa shape index (κ1) is 16.1. The predicted molar refractivity (Wildman–Crippen MR) is 99.5 cm³/mol. The first-order valence-corrected chi connectivity index (χ1v) is 8.16. The minimum Gasteiger partial charge on any atom is -0.321 e. The minimum absolute atomic E-state index is 0.0688. The van der Waals surface area contributed by atoms with Crippen molar-refractivity contribution in [2.75, 3.05) is 5.32 Å². The third-order valence-corrected chi connectivity index (χ3v) is 4.27. The number of hydrogen-bond acceptors (Lipinski definition) is 3. The SMILES string of the molecule is O=C1Nc2ccccc2/C1=c1\[nH]c(=O)/c(=C\c2cccc(Cl)c2)[nH]c1=O. The smallest absolute Gasteiger partial charge is 0.273 e. The summed E-state index contributed by atoms with van der Waals surface area (Å²) >= 11 is 5.93. The molecule has 1 amide bonds. The number of benzene rings is 2. The van der Waals surface area contributed by atoms with Crippen molar-refractivity contribution in [3.05, 3.63) is 96.1 Å². The number of amides is 1. The van der Waals surface area contributed by atoms with E-state index >= 15 is 0 Å². The van der Waals surface area contributed by atoms with E-state index < -0.39 is 17.0 Å². The first-order valence-electron chi connectivity index (χ1n) is 7.78. The molecule has 0 spiro atoms. The Hall–Kier alpha value is -3.38. The van der Waals surface area contributed by atoms with Gasteiger partial charge in [0.15, 0.2) is 0 Å². The maximum atomic E-state index is 12.5. The molecule has 2 aromatic carbocycles. The van der Waals surface area contributed by atoms with Crippen LogP contribution in [-0.2, 0) is 4.79 Å². The van der Waals surface area contributed by atoms with Gasteiger partial charge in [0.1, 0.15) is 10.7 Å². The molecular weight excluding hydrogens is 354 g/mol. The van der Waals surface area contributed by atoms with Gasteiger partial charge in [0.05, 0.1) is 5.57 Å². The van der Waals surface area contributed by atoms with E-state index in [0.717, 1.165) is 0 Å². The number of aromatic nitrogens is 2. The maximum Gasteiger partial charge on any atom is 0.273 e. The number of carbonyl (C=O) groups is 1. The highest BCUT2D eigenvalue weighted by molar-refractivity contribution is 6.31. The lowest BCUT2D eigenvalue weighted by Gasteiger charge is -1.98. The summed E-state index contributed by atoms with van der Waals surface area (Å²) in [4.78, 5) is 42.3. The third-order valence-electron chi connectivity index (χ3n) is 4.04. The van der Waals surface area contributed by atoms with E-state index in [1.165, 1.54) is 6.08 Å². The monoisotopic (exact) mass is 365 g/mol. The average Bonchev–Trinajstić information content (AvgIpc) is 2.93. The number of para-hydroxylation sites is 1. The number of nitrogens with one attached hydrogen (secondary N) is 3. The number of fused-ring (bicyclic) bond motifs is 1. The van der Waals surface area contributed by atoms with Crippen LogP contribution < -0.4 is 27.1 Å². The Balaban J connectivity index is 1.98. The molecule has 3 N–H and O–H groups in total. The lowest BCUT2D eigenvalue weighted by atomic mass is 10.1. The molecule has 0 bridgehead atoms. The second kappa shape index (κ2) is 6.16. The van der Waals surface area contributed by atoms with E-state index in [1.54, 1.807) is 48.5 Å². The van der Waals surface area contributed by atoms with Crippen molar-refractivity contribution in [1.29, 1.82) is 0 Å². The summed E-state index contributed by atoms with van der Waals surface area (Å²) in [5.74, 6) is -0.432. The van der Waals surface area contributed by atoms with Crippen LogP contribution in [0.25, 0.3) is 11.6 Å². The zero-order valence-electron chi connectivity index (χ0n) is 13.3. The van der Waals surface area contributed by atoms with Gasteiger partial charge in [-0.05, 0) is 29.8 Å². The summed E-state index contributed by atoms with van der Waals surface area (Å²) in [6.45, 7) is 0. The fourth-order valence-corrected chi connectivity index (χ4v) is 3.08. The van der Waals surface area contributed by atoms with E-state index in [4.69, 9.17) is 11.6 Å². The number of H-pyrrole nitrogens is 2. The predicted octanol–water partition coefficient (Wildman–Crippen LogP) is 0.696. The maximum absolute atomic E-state index is 12.5. The molecule has 1 aliphatic heterocycles. The molecule has 1 aromatic heterocycles. The molecule has 0 aliphatic carbocycles. The lowest BCUT2D eigenvalue weighted by Crippen LogP contribution is -2.48. The second-order valence-corrected chi connectivity index (χ2v) is 6.21.